The van der Waals surface area contributed by atoms with Crippen LogP contribution in [-0.4, -0.2) is 40.4 Å². The van der Waals surface area contributed by atoms with Gasteiger partial charge >= 0.3 is 12.1 Å². The largest absolute Gasteiger partial charge is 0.448 e. The highest BCUT2D eigenvalue weighted by molar-refractivity contribution is 7.20. The molecule has 0 saturated carbocycles. The third-order valence-corrected chi connectivity index (χ3v) is 6.36. The molecule has 178 valence electrons. The van der Waals surface area contributed by atoms with Gasteiger partial charge in [0.1, 0.15) is 22.1 Å². The molecule has 3 aromatic rings. The number of rotatable bonds is 3. The lowest BCUT2D eigenvalue weighted by Gasteiger charge is -2.31. The molecular formula is C21H17F3N4O5S. The highest BCUT2D eigenvalue weighted by Gasteiger charge is 2.36. The fraction of sp³-hybridized carbons (Fsp3) is 0.286. The molecular weight excluding hydrogens is 477 g/mol. The van der Waals surface area contributed by atoms with E-state index in [1.54, 1.807) is 13.8 Å². The molecule has 2 amide bonds. The van der Waals surface area contributed by atoms with E-state index in [0.29, 0.717) is 16.2 Å². The van der Waals surface area contributed by atoms with Crippen LogP contribution in [0.4, 0.5) is 24.5 Å². The number of nitrogens with one attached hydrogen (secondary N) is 2. The van der Waals surface area contributed by atoms with Crippen molar-refractivity contribution in [2.45, 2.75) is 33.1 Å². The van der Waals surface area contributed by atoms with Gasteiger partial charge in [-0.3, -0.25) is 19.3 Å². The predicted octanol–water partition coefficient (Wildman–Crippen LogP) is 3.15. The van der Waals surface area contributed by atoms with Gasteiger partial charge in [0, 0.05) is 0 Å². The maximum atomic E-state index is 13.0. The van der Waals surface area contributed by atoms with Crippen LogP contribution in [0.5, 0.6) is 0 Å². The number of carbonyl (C=O) groups excluding carboxylic acids is 3. The van der Waals surface area contributed by atoms with Crippen molar-refractivity contribution in [3.63, 3.8) is 0 Å². The number of aromatic nitrogens is 2. The minimum atomic E-state index is -4.63. The summed E-state index contributed by atoms with van der Waals surface area (Å²) in [6, 6.07) is 2.59. The van der Waals surface area contributed by atoms with Crippen LogP contribution in [-0.2, 0) is 20.5 Å². The monoisotopic (exact) mass is 494 g/mol. The summed E-state index contributed by atoms with van der Waals surface area (Å²) in [6.45, 7) is 3.98. The van der Waals surface area contributed by atoms with Gasteiger partial charge in [0.2, 0.25) is 5.91 Å². The molecule has 13 heteroatoms. The molecule has 9 nitrogen and oxygen atoms in total. The second-order valence-electron chi connectivity index (χ2n) is 7.64. The van der Waals surface area contributed by atoms with Gasteiger partial charge in [0.15, 0.2) is 6.10 Å². The van der Waals surface area contributed by atoms with Gasteiger partial charge in [-0.2, -0.15) is 13.2 Å². The summed E-state index contributed by atoms with van der Waals surface area (Å²) in [6.07, 6.45) is -6.00. The Hall–Kier alpha value is -3.74. The first-order valence-electron chi connectivity index (χ1n) is 9.90. The number of carbonyl (C=O) groups is 3. The summed E-state index contributed by atoms with van der Waals surface area (Å²) < 4.78 is 44.4. The molecule has 1 aromatic carbocycles. The van der Waals surface area contributed by atoms with E-state index in [-0.39, 0.29) is 21.6 Å². The highest BCUT2D eigenvalue weighted by Crippen LogP contribution is 2.37. The van der Waals surface area contributed by atoms with Gasteiger partial charge in [0.25, 0.3) is 11.5 Å². The Morgan fingerprint density at radius 2 is 1.94 bits per heavy atom. The van der Waals surface area contributed by atoms with E-state index in [1.165, 1.54) is 6.92 Å². The first-order chi connectivity index (χ1) is 15.9. The average molecular weight is 494 g/mol. The molecule has 0 aliphatic carbocycles. The van der Waals surface area contributed by atoms with E-state index >= 15 is 0 Å². The quantitative estimate of drug-likeness (QED) is 0.540. The first-order valence-corrected chi connectivity index (χ1v) is 10.7. The van der Waals surface area contributed by atoms with Gasteiger partial charge in [-0.15, -0.1) is 11.3 Å². The average Bonchev–Trinajstić information content (AvgIpc) is 3.07. The topological polar surface area (TPSA) is 121 Å². The number of hydrogen-bond donors (Lipinski definition) is 2. The number of ether oxygens (including phenoxy) is 1. The fourth-order valence-corrected chi connectivity index (χ4v) is 4.70. The van der Waals surface area contributed by atoms with Crippen molar-refractivity contribution >= 4 is 50.7 Å². The summed E-state index contributed by atoms with van der Waals surface area (Å²) in [5.74, 6) is -1.99. The van der Waals surface area contributed by atoms with Crippen molar-refractivity contribution in [1.29, 1.82) is 0 Å². The summed E-state index contributed by atoms with van der Waals surface area (Å²) in [7, 11) is 0. The molecule has 0 spiro atoms. The molecule has 34 heavy (non-hydrogen) atoms. The molecule has 0 saturated heterocycles. The number of aromatic amines is 1. The Morgan fingerprint density at radius 3 is 2.62 bits per heavy atom. The zero-order valence-electron chi connectivity index (χ0n) is 18.0. The van der Waals surface area contributed by atoms with Gasteiger partial charge in [-0.25, -0.2) is 9.78 Å². The minimum Gasteiger partial charge on any atom is -0.448 e. The molecule has 0 bridgehead atoms. The maximum absolute atomic E-state index is 13.0. The lowest BCUT2D eigenvalue weighted by molar-refractivity contribution is -0.137. The van der Waals surface area contributed by atoms with E-state index in [4.69, 9.17) is 4.74 Å². The summed E-state index contributed by atoms with van der Waals surface area (Å²) in [5.41, 5.74) is -1.18. The zero-order valence-corrected chi connectivity index (χ0v) is 18.8. The molecule has 4 rings (SSSR count). The summed E-state index contributed by atoms with van der Waals surface area (Å²) in [5, 5.41) is 2.56. The number of amides is 2. The fourth-order valence-electron chi connectivity index (χ4n) is 3.59. The predicted molar refractivity (Wildman–Crippen MR) is 117 cm³/mol. The van der Waals surface area contributed by atoms with Crippen LogP contribution in [0, 0.1) is 13.8 Å². The number of fused-ring (bicyclic) bond motifs is 2. The Morgan fingerprint density at radius 1 is 1.24 bits per heavy atom. The molecule has 1 unspecified atom stereocenters. The maximum Gasteiger partial charge on any atom is 0.416 e. The SMILES string of the molecule is Cc1nc2sc(C(=O)OC(C)C(=O)N3CC(=O)Nc4cc(C(F)(F)F)ccc43)c(C)c2c(=O)[nH]1. The number of esters is 1. The molecule has 3 heterocycles. The van der Waals surface area contributed by atoms with Crippen LogP contribution >= 0.6 is 11.3 Å². The Bertz CT molecular complexity index is 1410. The lowest BCUT2D eigenvalue weighted by atomic mass is 10.1. The van der Waals surface area contributed by atoms with E-state index in [2.05, 4.69) is 15.3 Å². The molecule has 0 radical (unpaired) electrons. The van der Waals surface area contributed by atoms with Crippen LogP contribution in [0.15, 0.2) is 23.0 Å². The van der Waals surface area contributed by atoms with Gasteiger partial charge in [-0.05, 0) is 44.5 Å². The normalized spacial score (nSPS) is 14.5. The number of aryl methyl sites for hydroxylation is 2. The van der Waals surface area contributed by atoms with Crippen LogP contribution < -0.4 is 15.8 Å². The number of anilines is 2. The number of alkyl halides is 3. The molecule has 1 aliphatic heterocycles. The molecule has 1 aliphatic rings. The van der Waals surface area contributed by atoms with Crippen molar-refractivity contribution in [3.8, 4) is 0 Å². The summed E-state index contributed by atoms with van der Waals surface area (Å²) >= 11 is 0.941. The second-order valence-corrected chi connectivity index (χ2v) is 8.64. The van der Waals surface area contributed by atoms with Crippen LogP contribution in [0.3, 0.4) is 0 Å². The first kappa shape index (κ1) is 23.4. The van der Waals surface area contributed by atoms with Crippen molar-refractivity contribution < 1.29 is 32.3 Å². The van der Waals surface area contributed by atoms with Crippen molar-refractivity contribution in [3.05, 3.63) is 50.4 Å². The number of hydrogen-bond acceptors (Lipinski definition) is 7. The van der Waals surface area contributed by atoms with Crippen molar-refractivity contribution in [2.75, 3.05) is 16.8 Å². The van der Waals surface area contributed by atoms with E-state index < -0.39 is 47.7 Å². The molecule has 2 aromatic heterocycles. The molecule has 2 N–H and O–H groups in total. The van der Waals surface area contributed by atoms with Crippen molar-refractivity contribution in [2.24, 2.45) is 0 Å². The smallest absolute Gasteiger partial charge is 0.416 e. The van der Waals surface area contributed by atoms with Gasteiger partial charge in [-0.1, -0.05) is 0 Å². The number of H-pyrrole nitrogens is 1. The van der Waals surface area contributed by atoms with Crippen LogP contribution in [0.1, 0.15) is 33.5 Å². The molecule has 1 atom stereocenters. The highest BCUT2D eigenvalue weighted by atomic mass is 32.1. The van der Waals surface area contributed by atoms with Crippen LogP contribution in [0.25, 0.3) is 10.2 Å². The number of nitrogens with zero attached hydrogens (tertiary/aromatic N) is 2. The third kappa shape index (κ3) is 4.14. The minimum absolute atomic E-state index is 0.0461. The summed E-state index contributed by atoms with van der Waals surface area (Å²) in [4.78, 5) is 58.2. The Balaban J connectivity index is 1.59. The van der Waals surface area contributed by atoms with E-state index in [9.17, 15) is 32.3 Å². The second kappa shape index (κ2) is 8.24. The Kier molecular flexibility index (Phi) is 5.67. The zero-order chi connectivity index (χ0) is 24.9. The molecule has 0 fully saturated rings. The number of halogens is 3. The van der Waals surface area contributed by atoms with Crippen LogP contribution in [0.2, 0.25) is 0 Å². The van der Waals surface area contributed by atoms with Crippen molar-refractivity contribution in [1.82, 2.24) is 9.97 Å². The van der Waals surface area contributed by atoms with E-state index in [1.807, 2.05) is 0 Å². The standard InChI is InChI=1S/C21H17F3N4O5S/c1-8-15-17(30)25-10(3)26-18(15)34-16(8)20(32)33-9(2)19(31)28-7-14(29)27-12-6-11(21(22,23)24)4-5-13(12)28/h4-6,9H,7H2,1-3H3,(H,27,29)(H,25,26,30). The lowest BCUT2D eigenvalue weighted by Crippen LogP contribution is -2.47. The van der Waals surface area contributed by atoms with E-state index in [0.717, 1.165) is 34.4 Å². The number of thiophene rings is 1. The third-order valence-electron chi connectivity index (χ3n) is 5.19. The van der Waals surface area contributed by atoms with Gasteiger partial charge < -0.3 is 15.0 Å². The van der Waals surface area contributed by atoms with Gasteiger partial charge in [0.05, 0.1) is 22.3 Å². The Labute approximate surface area is 193 Å². The number of benzene rings is 1.